The predicted molar refractivity (Wildman–Crippen MR) is 73.9 cm³/mol. The van der Waals surface area contributed by atoms with E-state index in [2.05, 4.69) is 15.5 Å². The van der Waals surface area contributed by atoms with Gasteiger partial charge >= 0.3 is 0 Å². The topological polar surface area (TPSA) is 68.0 Å². The highest BCUT2D eigenvalue weighted by Gasteiger charge is 2.10. The van der Waals surface area contributed by atoms with Gasteiger partial charge < -0.3 is 9.73 Å². The Morgan fingerprint density at radius 2 is 2.05 bits per heavy atom. The molecule has 0 saturated carbocycles. The van der Waals surface area contributed by atoms with Gasteiger partial charge in [-0.3, -0.25) is 4.79 Å². The minimum Gasteiger partial charge on any atom is -0.411 e. The molecule has 1 aromatic heterocycles. The van der Waals surface area contributed by atoms with Crippen molar-refractivity contribution in [3.05, 3.63) is 29.8 Å². The standard InChI is InChI=1S/C13H15N3O2S/c1-3-14-11(17)8-19-13-16-15-12(18-13)10-6-4-9(2)5-7-10/h4-7H,3,8H2,1-2H3,(H,14,17). The van der Waals surface area contributed by atoms with Crippen LogP contribution in [-0.2, 0) is 4.79 Å². The molecule has 2 rings (SSSR count). The van der Waals surface area contributed by atoms with Crippen LogP contribution < -0.4 is 5.32 Å². The van der Waals surface area contributed by atoms with Crippen molar-refractivity contribution in [3.8, 4) is 11.5 Å². The molecule has 0 atom stereocenters. The number of benzene rings is 1. The first-order chi connectivity index (χ1) is 9.19. The zero-order valence-electron chi connectivity index (χ0n) is 10.8. The molecule has 2 aromatic rings. The number of hydrogen-bond acceptors (Lipinski definition) is 5. The van der Waals surface area contributed by atoms with Crippen LogP contribution in [-0.4, -0.2) is 28.4 Å². The lowest BCUT2D eigenvalue weighted by Crippen LogP contribution is -2.24. The summed E-state index contributed by atoms with van der Waals surface area (Å²) >= 11 is 1.23. The van der Waals surface area contributed by atoms with Gasteiger partial charge in [0.1, 0.15) is 0 Å². The summed E-state index contributed by atoms with van der Waals surface area (Å²) in [5, 5.41) is 11.0. The van der Waals surface area contributed by atoms with Crippen LogP contribution in [0.25, 0.3) is 11.5 Å². The Bertz CT molecular complexity index is 551. The average molecular weight is 277 g/mol. The van der Waals surface area contributed by atoms with E-state index in [0.717, 1.165) is 5.56 Å². The number of amides is 1. The molecular formula is C13H15N3O2S. The van der Waals surface area contributed by atoms with Crippen LogP contribution in [0.3, 0.4) is 0 Å². The Balaban J connectivity index is 1.99. The van der Waals surface area contributed by atoms with Crippen molar-refractivity contribution in [1.29, 1.82) is 0 Å². The monoisotopic (exact) mass is 277 g/mol. The first-order valence-corrected chi connectivity index (χ1v) is 6.97. The molecule has 6 heteroatoms. The average Bonchev–Trinajstić information content (AvgIpc) is 2.86. The van der Waals surface area contributed by atoms with Gasteiger partial charge in [0.25, 0.3) is 5.22 Å². The lowest BCUT2D eigenvalue weighted by molar-refractivity contribution is -0.118. The van der Waals surface area contributed by atoms with Crippen LogP contribution in [0.2, 0.25) is 0 Å². The van der Waals surface area contributed by atoms with Gasteiger partial charge in [0.05, 0.1) is 5.75 Å². The van der Waals surface area contributed by atoms with Crippen molar-refractivity contribution in [1.82, 2.24) is 15.5 Å². The summed E-state index contributed by atoms with van der Waals surface area (Å²) in [5.74, 6) is 0.713. The second kappa shape index (κ2) is 6.38. The molecule has 0 aliphatic rings. The van der Waals surface area contributed by atoms with Crippen LogP contribution in [0.4, 0.5) is 0 Å². The summed E-state index contributed by atoms with van der Waals surface area (Å²) in [6, 6.07) is 7.84. The zero-order chi connectivity index (χ0) is 13.7. The van der Waals surface area contributed by atoms with E-state index >= 15 is 0 Å². The third kappa shape index (κ3) is 3.82. The van der Waals surface area contributed by atoms with E-state index in [9.17, 15) is 4.79 Å². The lowest BCUT2D eigenvalue weighted by Gasteiger charge is -1.98. The molecule has 1 aromatic carbocycles. The maximum absolute atomic E-state index is 11.3. The summed E-state index contributed by atoms with van der Waals surface area (Å²) < 4.78 is 5.50. The number of nitrogens with one attached hydrogen (secondary N) is 1. The van der Waals surface area contributed by atoms with E-state index in [4.69, 9.17) is 4.42 Å². The number of aryl methyl sites for hydroxylation is 1. The van der Waals surface area contributed by atoms with Crippen molar-refractivity contribution in [2.75, 3.05) is 12.3 Å². The van der Waals surface area contributed by atoms with E-state index in [-0.39, 0.29) is 11.7 Å². The highest BCUT2D eigenvalue weighted by molar-refractivity contribution is 7.99. The molecule has 0 radical (unpaired) electrons. The molecule has 1 N–H and O–H groups in total. The largest absolute Gasteiger partial charge is 0.411 e. The fourth-order valence-electron chi connectivity index (χ4n) is 1.46. The van der Waals surface area contributed by atoms with E-state index in [1.54, 1.807) is 0 Å². The second-order valence-corrected chi connectivity index (χ2v) is 4.91. The van der Waals surface area contributed by atoms with Crippen LogP contribution in [0.5, 0.6) is 0 Å². The molecule has 1 heterocycles. The molecule has 5 nitrogen and oxygen atoms in total. The molecule has 0 spiro atoms. The second-order valence-electron chi connectivity index (χ2n) is 3.98. The van der Waals surface area contributed by atoms with Gasteiger partial charge in [0.2, 0.25) is 11.8 Å². The summed E-state index contributed by atoms with van der Waals surface area (Å²) in [6.45, 7) is 4.52. The molecule has 0 unspecified atom stereocenters. The number of aromatic nitrogens is 2. The fraction of sp³-hybridized carbons (Fsp3) is 0.308. The van der Waals surface area contributed by atoms with Crippen LogP contribution in [0.15, 0.2) is 33.9 Å². The van der Waals surface area contributed by atoms with E-state index in [1.807, 2.05) is 38.1 Å². The maximum atomic E-state index is 11.3. The van der Waals surface area contributed by atoms with Crippen LogP contribution in [0, 0.1) is 6.92 Å². The Kier molecular flexibility index (Phi) is 4.57. The van der Waals surface area contributed by atoms with Crippen molar-refractivity contribution in [3.63, 3.8) is 0 Å². The quantitative estimate of drug-likeness (QED) is 0.849. The molecule has 100 valence electrons. The predicted octanol–water partition coefficient (Wildman–Crippen LogP) is 2.27. The summed E-state index contributed by atoms with van der Waals surface area (Å²) in [4.78, 5) is 11.3. The Hall–Kier alpha value is -1.82. The third-order valence-electron chi connectivity index (χ3n) is 2.41. The van der Waals surface area contributed by atoms with Crippen molar-refractivity contribution in [2.45, 2.75) is 19.1 Å². The van der Waals surface area contributed by atoms with Crippen LogP contribution >= 0.6 is 11.8 Å². The lowest BCUT2D eigenvalue weighted by atomic mass is 10.1. The minimum absolute atomic E-state index is 0.0393. The molecule has 0 bridgehead atoms. The zero-order valence-corrected chi connectivity index (χ0v) is 11.7. The normalized spacial score (nSPS) is 10.4. The van der Waals surface area contributed by atoms with E-state index in [0.29, 0.717) is 17.7 Å². The SMILES string of the molecule is CCNC(=O)CSc1nnc(-c2ccc(C)cc2)o1. The van der Waals surface area contributed by atoms with Crippen molar-refractivity contribution < 1.29 is 9.21 Å². The van der Waals surface area contributed by atoms with Gasteiger partial charge in [0.15, 0.2) is 0 Å². The van der Waals surface area contributed by atoms with Gasteiger partial charge in [-0.05, 0) is 26.0 Å². The van der Waals surface area contributed by atoms with Gasteiger partial charge in [-0.1, -0.05) is 29.5 Å². The van der Waals surface area contributed by atoms with E-state index < -0.39 is 0 Å². The Morgan fingerprint density at radius 1 is 1.32 bits per heavy atom. The van der Waals surface area contributed by atoms with Gasteiger partial charge in [-0.2, -0.15) is 0 Å². The first kappa shape index (κ1) is 13.6. The number of rotatable bonds is 5. The molecule has 0 fully saturated rings. The molecule has 0 saturated heterocycles. The number of thioether (sulfide) groups is 1. The summed E-state index contributed by atoms with van der Waals surface area (Å²) in [5.41, 5.74) is 2.05. The molecular weight excluding hydrogens is 262 g/mol. The van der Waals surface area contributed by atoms with Crippen molar-refractivity contribution >= 4 is 17.7 Å². The number of carbonyl (C=O) groups is 1. The highest BCUT2D eigenvalue weighted by Crippen LogP contribution is 2.23. The van der Waals surface area contributed by atoms with Crippen molar-refractivity contribution in [2.24, 2.45) is 0 Å². The van der Waals surface area contributed by atoms with Gasteiger partial charge in [-0.15, -0.1) is 10.2 Å². The molecule has 1 amide bonds. The fourth-order valence-corrected chi connectivity index (χ4v) is 2.05. The highest BCUT2D eigenvalue weighted by atomic mass is 32.2. The Labute approximate surface area is 115 Å². The number of hydrogen-bond donors (Lipinski definition) is 1. The van der Waals surface area contributed by atoms with Gasteiger partial charge in [0, 0.05) is 12.1 Å². The Morgan fingerprint density at radius 3 is 2.74 bits per heavy atom. The summed E-state index contributed by atoms with van der Waals surface area (Å²) in [6.07, 6.45) is 0. The maximum Gasteiger partial charge on any atom is 0.277 e. The smallest absolute Gasteiger partial charge is 0.277 e. The summed E-state index contributed by atoms with van der Waals surface area (Å²) in [7, 11) is 0. The first-order valence-electron chi connectivity index (χ1n) is 5.99. The van der Waals surface area contributed by atoms with Crippen LogP contribution in [0.1, 0.15) is 12.5 Å². The van der Waals surface area contributed by atoms with Gasteiger partial charge in [-0.25, -0.2) is 0 Å². The number of carbonyl (C=O) groups excluding carboxylic acids is 1. The molecule has 19 heavy (non-hydrogen) atoms. The third-order valence-corrected chi connectivity index (χ3v) is 3.22. The van der Waals surface area contributed by atoms with E-state index in [1.165, 1.54) is 17.3 Å². The minimum atomic E-state index is -0.0393. The number of nitrogens with zero attached hydrogens (tertiary/aromatic N) is 2. The molecule has 0 aliphatic carbocycles. The molecule has 0 aliphatic heterocycles.